The van der Waals surface area contributed by atoms with Gasteiger partial charge in [-0.25, -0.2) is 8.78 Å². The molecular weight excluding hydrogens is 212 g/mol. The molecule has 0 saturated carbocycles. The summed E-state index contributed by atoms with van der Waals surface area (Å²) in [7, 11) is 1.20. The highest BCUT2D eigenvalue weighted by molar-refractivity contribution is 5.56. The van der Waals surface area contributed by atoms with Gasteiger partial charge in [0.05, 0.1) is 18.1 Å². The Balaban J connectivity index is 3.42. The van der Waals surface area contributed by atoms with E-state index in [-0.39, 0.29) is 5.88 Å². The molecule has 0 aliphatic carbocycles. The highest BCUT2D eigenvalue weighted by Crippen LogP contribution is 2.34. The minimum Gasteiger partial charge on any atom is -0.481 e. The summed E-state index contributed by atoms with van der Waals surface area (Å²) in [5, 5.41) is 10.5. The lowest BCUT2D eigenvalue weighted by atomic mass is 10.2. The Bertz CT molecular complexity index is 397. The van der Waals surface area contributed by atoms with Gasteiger partial charge in [0, 0.05) is 0 Å². The lowest BCUT2D eigenvalue weighted by Crippen LogP contribution is -2.05. The summed E-state index contributed by atoms with van der Waals surface area (Å²) in [5.41, 5.74) is 3.48. The number of pyridine rings is 1. The van der Waals surface area contributed by atoms with Crippen LogP contribution in [0, 0.1) is 10.1 Å². The number of halogens is 2. The molecule has 0 aliphatic heterocycles. The van der Waals surface area contributed by atoms with Crippen LogP contribution in [0.25, 0.3) is 0 Å². The number of hydrogen-bond acceptors (Lipinski definition) is 5. The number of nitrogens with zero attached hydrogens (tertiary/aromatic N) is 2. The van der Waals surface area contributed by atoms with E-state index in [2.05, 4.69) is 9.72 Å². The number of alkyl halides is 2. The van der Waals surface area contributed by atoms with Gasteiger partial charge in [0.2, 0.25) is 5.88 Å². The molecule has 2 N–H and O–H groups in total. The summed E-state index contributed by atoms with van der Waals surface area (Å²) < 4.78 is 29.4. The maximum atomic E-state index is 12.4. The summed E-state index contributed by atoms with van der Waals surface area (Å²) in [4.78, 5) is 13.0. The molecule has 0 radical (unpaired) electrons. The zero-order valence-electron chi connectivity index (χ0n) is 7.61. The number of methoxy groups -OCH3 is 1. The van der Waals surface area contributed by atoms with E-state index < -0.39 is 28.4 Å². The van der Waals surface area contributed by atoms with Crippen molar-refractivity contribution in [3.05, 3.63) is 21.7 Å². The number of hydrogen-bond donors (Lipinski definition) is 1. The summed E-state index contributed by atoms with van der Waals surface area (Å²) in [6.45, 7) is 0. The zero-order valence-corrected chi connectivity index (χ0v) is 7.61. The minimum atomic E-state index is -3.05. The number of ether oxygens (including phenoxy) is 1. The molecule has 15 heavy (non-hydrogen) atoms. The first-order valence-corrected chi connectivity index (χ1v) is 3.74. The maximum Gasteiger partial charge on any atom is 0.287 e. The van der Waals surface area contributed by atoms with Crippen LogP contribution in [0.1, 0.15) is 12.0 Å². The highest BCUT2D eigenvalue weighted by atomic mass is 19.3. The van der Waals surface area contributed by atoms with E-state index in [4.69, 9.17) is 5.73 Å². The molecule has 1 aromatic rings. The van der Waals surface area contributed by atoms with Gasteiger partial charge in [-0.3, -0.25) is 10.1 Å². The van der Waals surface area contributed by atoms with Gasteiger partial charge in [-0.2, -0.15) is 4.98 Å². The van der Waals surface area contributed by atoms with E-state index in [1.165, 1.54) is 7.11 Å². The van der Waals surface area contributed by atoms with Crippen LogP contribution in [-0.4, -0.2) is 17.0 Å². The van der Waals surface area contributed by atoms with Gasteiger partial charge in [-0.1, -0.05) is 0 Å². The average Bonchev–Trinajstić information content (AvgIpc) is 2.15. The first kappa shape index (κ1) is 11.1. The third-order valence-electron chi connectivity index (χ3n) is 1.67. The lowest BCUT2D eigenvalue weighted by molar-refractivity contribution is -0.386. The van der Waals surface area contributed by atoms with Gasteiger partial charge < -0.3 is 10.5 Å². The molecule has 0 aliphatic rings. The van der Waals surface area contributed by atoms with Crippen molar-refractivity contribution in [2.45, 2.75) is 6.43 Å². The van der Waals surface area contributed by atoms with Crippen LogP contribution >= 0.6 is 0 Å². The molecule has 0 fully saturated rings. The Morgan fingerprint density at radius 3 is 2.67 bits per heavy atom. The zero-order chi connectivity index (χ0) is 11.6. The van der Waals surface area contributed by atoms with Crippen molar-refractivity contribution < 1.29 is 18.4 Å². The van der Waals surface area contributed by atoms with Crippen LogP contribution < -0.4 is 10.5 Å². The summed E-state index contributed by atoms with van der Waals surface area (Å²) >= 11 is 0. The van der Waals surface area contributed by atoms with E-state index in [1.807, 2.05) is 0 Å². The predicted octanol–water partition coefficient (Wildman–Crippen LogP) is 1.52. The molecule has 8 heteroatoms. The number of rotatable bonds is 3. The molecule has 0 saturated heterocycles. The fraction of sp³-hybridized carbons (Fsp3) is 0.286. The molecule has 82 valence electrons. The number of aromatic nitrogens is 1. The van der Waals surface area contributed by atoms with Gasteiger partial charge in [-0.05, 0) is 0 Å². The highest BCUT2D eigenvalue weighted by Gasteiger charge is 2.27. The van der Waals surface area contributed by atoms with Gasteiger partial charge in [0.1, 0.15) is 11.4 Å². The normalized spacial score (nSPS) is 10.4. The van der Waals surface area contributed by atoms with Crippen LogP contribution in [0.2, 0.25) is 0 Å². The Labute approximate surface area is 82.8 Å². The maximum absolute atomic E-state index is 12.4. The van der Waals surface area contributed by atoms with Crippen LogP contribution in [0.4, 0.5) is 20.3 Å². The van der Waals surface area contributed by atoms with E-state index in [0.29, 0.717) is 0 Å². The molecule has 0 spiro atoms. The Morgan fingerprint density at radius 1 is 1.67 bits per heavy atom. The van der Waals surface area contributed by atoms with Crippen molar-refractivity contribution in [3.8, 4) is 5.88 Å². The lowest BCUT2D eigenvalue weighted by Gasteiger charge is -2.06. The average molecular weight is 219 g/mol. The van der Waals surface area contributed by atoms with Gasteiger partial charge in [0.15, 0.2) is 0 Å². The summed E-state index contributed by atoms with van der Waals surface area (Å²) in [6.07, 6.45) is -3.05. The van der Waals surface area contributed by atoms with E-state index in [9.17, 15) is 18.9 Å². The Kier molecular flexibility index (Phi) is 2.98. The monoisotopic (exact) mass is 219 g/mol. The van der Waals surface area contributed by atoms with Crippen LogP contribution in [0.3, 0.4) is 0 Å². The molecule has 0 amide bonds. The van der Waals surface area contributed by atoms with E-state index >= 15 is 0 Å². The molecular formula is C7H7F2N3O3. The summed E-state index contributed by atoms with van der Waals surface area (Å²) in [5.74, 6) is -0.778. The third-order valence-corrected chi connectivity index (χ3v) is 1.67. The molecule has 1 heterocycles. The molecule has 0 bridgehead atoms. The van der Waals surface area contributed by atoms with E-state index in [1.54, 1.807) is 0 Å². The molecule has 0 aromatic carbocycles. The summed E-state index contributed by atoms with van der Waals surface area (Å²) in [6, 6.07) is 0.803. The number of nitrogen functional groups attached to an aromatic ring is 1. The van der Waals surface area contributed by atoms with Crippen molar-refractivity contribution in [1.29, 1.82) is 0 Å². The van der Waals surface area contributed by atoms with E-state index in [0.717, 1.165) is 6.07 Å². The Hall–Kier alpha value is -1.99. The first-order valence-electron chi connectivity index (χ1n) is 3.74. The molecule has 1 rings (SSSR count). The fourth-order valence-corrected chi connectivity index (χ4v) is 1.02. The second-order valence-electron chi connectivity index (χ2n) is 2.54. The van der Waals surface area contributed by atoms with Crippen molar-refractivity contribution in [3.63, 3.8) is 0 Å². The minimum absolute atomic E-state index is 0.177. The van der Waals surface area contributed by atoms with Gasteiger partial charge in [0.25, 0.3) is 12.1 Å². The van der Waals surface area contributed by atoms with Crippen LogP contribution in [0.5, 0.6) is 5.88 Å². The smallest absolute Gasteiger partial charge is 0.287 e. The standard InChI is InChI=1S/C7H7F2N3O3/c1-15-4-2-3(12(13)14)5(6(8)9)7(10)11-4/h2,6H,1H3,(H2,10,11). The third kappa shape index (κ3) is 2.09. The van der Waals surface area contributed by atoms with Crippen molar-refractivity contribution >= 4 is 11.5 Å². The molecule has 0 unspecified atom stereocenters. The number of nitrogens with two attached hydrogens (primary N) is 1. The number of nitro groups is 1. The number of anilines is 1. The van der Waals surface area contributed by atoms with Gasteiger partial charge >= 0.3 is 0 Å². The largest absolute Gasteiger partial charge is 0.481 e. The molecule has 6 nitrogen and oxygen atoms in total. The molecule has 1 aromatic heterocycles. The second kappa shape index (κ2) is 4.03. The second-order valence-corrected chi connectivity index (χ2v) is 2.54. The van der Waals surface area contributed by atoms with Crippen molar-refractivity contribution in [2.75, 3.05) is 12.8 Å². The van der Waals surface area contributed by atoms with Crippen molar-refractivity contribution in [2.24, 2.45) is 0 Å². The van der Waals surface area contributed by atoms with Crippen LogP contribution in [0.15, 0.2) is 6.07 Å². The topological polar surface area (TPSA) is 91.3 Å². The quantitative estimate of drug-likeness (QED) is 0.614. The fourth-order valence-electron chi connectivity index (χ4n) is 1.02. The molecule has 0 atom stereocenters. The van der Waals surface area contributed by atoms with Crippen LogP contribution in [-0.2, 0) is 0 Å². The van der Waals surface area contributed by atoms with Gasteiger partial charge in [-0.15, -0.1) is 0 Å². The first-order chi connectivity index (χ1) is 6.97. The SMILES string of the molecule is COc1cc([N+](=O)[O-])c(C(F)F)c(N)n1. The Morgan fingerprint density at radius 2 is 2.27 bits per heavy atom. The van der Waals surface area contributed by atoms with Crippen molar-refractivity contribution in [1.82, 2.24) is 4.98 Å². The predicted molar refractivity (Wildman–Crippen MR) is 46.8 cm³/mol.